The van der Waals surface area contributed by atoms with Crippen molar-refractivity contribution in [2.45, 2.75) is 24.8 Å². The Balaban J connectivity index is 3.58. The number of aliphatic hydroxyl groups excluding tert-OH is 1. The second kappa shape index (κ2) is 10.3. The van der Waals surface area contributed by atoms with E-state index in [0.29, 0.717) is 0 Å². The maximum absolute atomic E-state index is 11.7. The number of hydrogen-bond acceptors (Lipinski definition) is 9. The molecule has 8 N–H and O–H groups in total. The van der Waals surface area contributed by atoms with Crippen molar-refractivity contribution in [1.82, 2.24) is 0 Å². The van der Waals surface area contributed by atoms with Gasteiger partial charge in [-0.1, -0.05) is 0 Å². The summed E-state index contributed by atoms with van der Waals surface area (Å²) in [5.74, 6) is -3.55. The second-order valence-corrected chi connectivity index (χ2v) is 6.23. The Labute approximate surface area is 165 Å². The molecule has 1 amide bonds. The molecule has 150 valence electrons. The molecule has 12 heteroatoms. The van der Waals surface area contributed by atoms with Crippen molar-refractivity contribution in [1.29, 1.82) is 0 Å². The Morgan fingerprint density at radius 3 is 1.93 bits per heavy atom. The highest BCUT2D eigenvalue weighted by Crippen LogP contribution is 2.32. The zero-order chi connectivity index (χ0) is 20.7. The Kier molecular flexibility index (Phi) is 8.69. The number of carbonyl (C=O) groups is 3. The lowest BCUT2D eigenvalue weighted by atomic mass is 9.98. The number of carboxylic acid groups (broad SMARTS) is 2. The zero-order valence-electron chi connectivity index (χ0n) is 14.0. The number of anilines is 2. The summed E-state index contributed by atoms with van der Waals surface area (Å²) in [6.45, 7) is 0. The highest BCUT2D eigenvalue weighted by Gasteiger charge is 2.25. The average molecular weight is 419 g/mol. The van der Waals surface area contributed by atoms with Crippen molar-refractivity contribution in [2.75, 3.05) is 22.1 Å². The second-order valence-electron chi connectivity index (χ2n) is 5.50. The molecule has 0 spiro atoms. The summed E-state index contributed by atoms with van der Waals surface area (Å²) in [6, 6.07) is 0.291. The van der Waals surface area contributed by atoms with Crippen LogP contribution in [-0.2, 0) is 16.0 Å². The number of carbonyl (C=O) groups excluding carboxylic acids is 1. The molecule has 27 heavy (non-hydrogen) atoms. The number of primary amides is 1. The number of aliphatic carboxylic acids is 2. The Morgan fingerprint density at radius 2 is 1.52 bits per heavy atom. The van der Waals surface area contributed by atoms with E-state index < -0.39 is 42.6 Å². The number of thiol groups is 2. The standard InChI is InChI=1S/C15H21N3O7S2/c16-13(21)6-1-2-8(17-9(4-26)14(22)23)12(7(6)3-11(19)20)18-10(5-27)15(24)25/h1-2,9-11,17-20,26-27H,3-5H2,(H2,16,21)(H,22,23)(H,24,25)/t9-,10-/m0/s1. The molecule has 0 aliphatic heterocycles. The predicted octanol–water partition coefficient (Wildman–Crippen LogP) is -0.772. The van der Waals surface area contributed by atoms with E-state index >= 15 is 0 Å². The number of nitrogens with two attached hydrogens (primary N) is 1. The van der Waals surface area contributed by atoms with Gasteiger partial charge in [0.2, 0.25) is 5.91 Å². The molecule has 0 aliphatic carbocycles. The summed E-state index contributed by atoms with van der Waals surface area (Å²) in [4.78, 5) is 34.4. The third-order valence-corrected chi connectivity index (χ3v) is 4.30. The molecule has 1 aromatic carbocycles. The van der Waals surface area contributed by atoms with E-state index in [1.54, 1.807) is 0 Å². The number of carboxylic acids is 2. The van der Waals surface area contributed by atoms with Crippen LogP contribution in [0, 0.1) is 0 Å². The van der Waals surface area contributed by atoms with Gasteiger partial charge in [-0.25, -0.2) is 9.59 Å². The highest BCUT2D eigenvalue weighted by molar-refractivity contribution is 7.80. The van der Waals surface area contributed by atoms with E-state index in [1.165, 1.54) is 12.1 Å². The fourth-order valence-electron chi connectivity index (χ4n) is 2.29. The van der Waals surface area contributed by atoms with Crippen LogP contribution < -0.4 is 16.4 Å². The molecule has 0 unspecified atom stereocenters. The Morgan fingerprint density at radius 1 is 1.00 bits per heavy atom. The summed E-state index contributed by atoms with van der Waals surface area (Å²) >= 11 is 7.90. The van der Waals surface area contributed by atoms with Crippen molar-refractivity contribution in [3.63, 3.8) is 0 Å². The number of amides is 1. The van der Waals surface area contributed by atoms with Crippen LogP contribution in [0.25, 0.3) is 0 Å². The van der Waals surface area contributed by atoms with Crippen LogP contribution in [-0.4, -0.2) is 68.2 Å². The molecule has 1 aromatic rings. The van der Waals surface area contributed by atoms with Crippen LogP contribution in [0.15, 0.2) is 12.1 Å². The highest BCUT2D eigenvalue weighted by atomic mass is 32.1. The van der Waals surface area contributed by atoms with E-state index in [1.807, 2.05) is 0 Å². The number of nitrogens with one attached hydrogen (secondary N) is 2. The maximum atomic E-state index is 11.7. The third kappa shape index (κ3) is 6.20. The van der Waals surface area contributed by atoms with E-state index in [0.717, 1.165) is 0 Å². The van der Waals surface area contributed by atoms with E-state index in [-0.39, 0.29) is 34.0 Å². The molecular weight excluding hydrogens is 398 g/mol. The largest absolute Gasteiger partial charge is 0.480 e. The van der Waals surface area contributed by atoms with E-state index in [2.05, 4.69) is 35.9 Å². The lowest BCUT2D eigenvalue weighted by Gasteiger charge is -2.24. The molecule has 0 saturated heterocycles. The minimum absolute atomic E-state index is 0.00823. The number of hydrogen-bond donors (Lipinski definition) is 9. The lowest BCUT2D eigenvalue weighted by molar-refractivity contribution is -0.138. The van der Waals surface area contributed by atoms with Crippen molar-refractivity contribution in [3.8, 4) is 0 Å². The Bertz CT molecular complexity index is 715. The van der Waals surface area contributed by atoms with Gasteiger partial charge in [0.25, 0.3) is 0 Å². The van der Waals surface area contributed by atoms with Gasteiger partial charge in [0.15, 0.2) is 6.29 Å². The topological polar surface area (TPSA) is 182 Å². The monoisotopic (exact) mass is 419 g/mol. The van der Waals surface area contributed by atoms with Gasteiger partial charge in [0.05, 0.1) is 11.4 Å². The first-order valence-electron chi connectivity index (χ1n) is 7.64. The molecule has 2 atom stereocenters. The van der Waals surface area contributed by atoms with Crippen LogP contribution in [0.2, 0.25) is 0 Å². The molecule has 10 nitrogen and oxygen atoms in total. The zero-order valence-corrected chi connectivity index (χ0v) is 15.8. The Hall–Kier alpha value is -2.15. The normalized spacial score (nSPS) is 13.1. The van der Waals surface area contributed by atoms with Gasteiger partial charge in [-0.05, 0) is 17.7 Å². The molecule has 0 saturated carbocycles. The van der Waals surface area contributed by atoms with Crippen LogP contribution in [0.1, 0.15) is 15.9 Å². The SMILES string of the molecule is NC(=O)c1ccc(N[C@@H](CS)C(=O)O)c(N[C@@H](CS)C(=O)O)c1CC(O)O. The fourth-order valence-corrected chi connectivity index (χ4v) is 2.79. The minimum Gasteiger partial charge on any atom is -0.480 e. The van der Waals surface area contributed by atoms with E-state index in [9.17, 15) is 34.8 Å². The van der Waals surface area contributed by atoms with Crippen molar-refractivity contribution in [2.24, 2.45) is 5.73 Å². The molecule has 0 radical (unpaired) electrons. The smallest absolute Gasteiger partial charge is 0.326 e. The maximum Gasteiger partial charge on any atom is 0.326 e. The number of benzene rings is 1. The minimum atomic E-state index is -1.86. The van der Waals surface area contributed by atoms with Crippen molar-refractivity contribution >= 4 is 54.5 Å². The quantitative estimate of drug-likeness (QED) is 0.164. The number of aliphatic hydroxyl groups is 2. The van der Waals surface area contributed by atoms with Gasteiger partial charge in [-0.2, -0.15) is 25.3 Å². The fraction of sp³-hybridized carbons (Fsp3) is 0.400. The van der Waals surface area contributed by atoms with Crippen molar-refractivity contribution < 1.29 is 34.8 Å². The first kappa shape index (κ1) is 22.9. The third-order valence-electron chi connectivity index (χ3n) is 3.57. The molecule has 0 aliphatic rings. The van der Waals surface area contributed by atoms with Crippen molar-refractivity contribution in [3.05, 3.63) is 23.3 Å². The van der Waals surface area contributed by atoms with Gasteiger partial charge < -0.3 is 36.8 Å². The van der Waals surface area contributed by atoms with Gasteiger partial charge in [-0.3, -0.25) is 4.79 Å². The average Bonchev–Trinajstić information content (AvgIpc) is 2.57. The van der Waals surface area contributed by atoms with Gasteiger partial charge >= 0.3 is 11.9 Å². The molecule has 0 aromatic heterocycles. The summed E-state index contributed by atoms with van der Waals surface area (Å²) in [5, 5.41) is 42.5. The molecule has 0 bridgehead atoms. The van der Waals surface area contributed by atoms with Crippen LogP contribution in [0.5, 0.6) is 0 Å². The van der Waals surface area contributed by atoms with Crippen LogP contribution in [0.3, 0.4) is 0 Å². The van der Waals surface area contributed by atoms with E-state index in [4.69, 9.17) is 5.73 Å². The lowest BCUT2D eigenvalue weighted by Crippen LogP contribution is -2.35. The summed E-state index contributed by atoms with van der Waals surface area (Å²) in [5.41, 5.74) is 5.41. The summed E-state index contributed by atoms with van der Waals surface area (Å²) in [7, 11) is 0. The van der Waals surface area contributed by atoms with Crippen LogP contribution >= 0.6 is 25.3 Å². The molecular formula is C15H21N3O7S2. The molecule has 0 heterocycles. The van der Waals surface area contributed by atoms with Gasteiger partial charge in [-0.15, -0.1) is 0 Å². The summed E-state index contributed by atoms with van der Waals surface area (Å²) in [6.07, 6.45) is -2.31. The first-order chi connectivity index (χ1) is 12.6. The van der Waals surface area contributed by atoms with Crippen LogP contribution in [0.4, 0.5) is 11.4 Å². The predicted molar refractivity (Wildman–Crippen MR) is 105 cm³/mol. The molecule has 1 rings (SSSR count). The van der Waals surface area contributed by atoms with Gasteiger partial charge in [0, 0.05) is 23.5 Å². The van der Waals surface area contributed by atoms with Gasteiger partial charge in [0.1, 0.15) is 12.1 Å². The molecule has 0 fully saturated rings. The number of rotatable bonds is 11. The first-order valence-corrected chi connectivity index (χ1v) is 8.91. The summed E-state index contributed by atoms with van der Waals surface area (Å²) < 4.78 is 0.